The van der Waals surface area contributed by atoms with Gasteiger partial charge in [-0.3, -0.25) is 9.59 Å². The van der Waals surface area contributed by atoms with Crippen molar-refractivity contribution in [3.8, 4) is 0 Å². The zero-order chi connectivity index (χ0) is 36.0. The molecule has 260 valence electrons. The quantitative estimate of drug-likeness (QED) is 0.0908. The van der Waals surface area contributed by atoms with E-state index in [0.29, 0.717) is 24.3 Å². The minimum Gasteiger partial charge on any atom is -0.399 e. The molecule has 1 amide bonds. The third-order valence-corrected chi connectivity index (χ3v) is 8.05. The number of carbonyl (C=O) groups excluding carboxylic acids is 2. The second kappa shape index (κ2) is 16.9. The molecule has 3 N–H and O–H groups in total. The third kappa shape index (κ3) is 11.6. The van der Waals surface area contributed by atoms with Gasteiger partial charge >= 0.3 is 0 Å². The van der Waals surface area contributed by atoms with Crippen LogP contribution in [-0.4, -0.2) is 28.0 Å². The van der Waals surface area contributed by atoms with Crippen LogP contribution in [0.1, 0.15) is 28.1 Å². The Hall–Kier alpha value is -3.97. The number of nitrogen functional groups attached to an aromatic ring is 1. The number of amides is 1. The zero-order valence-corrected chi connectivity index (χ0v) is 26.2. The largest absolute Gasteiger partial charge is 0.399 e. The van der Waals surface area contributed by atoms with Crippen molar-refractivity contribution in [1.29, 1.82) is 0 Å². The fourth-order valence-corrected chi connectivity index (χ4v) is 4.74. The van der Waals surface area contributed by atoms with Crippen LogP contribution in [0.25, 0.3) is 0 Å². The third-order valence-electron chi connectivity index (χ3n) is 5.14. The van der Waals surface area contributed by atoms with E-state index in [1.807, 2.05) is 5.32 Å². The molecule has 0 aliphatic heterocycles. The van der Waals surface area contributed by atoms with Crippen LogP contribution in [0.2, 0.25) is 0 Å². The zero-order valence-electron chi connectivity index (χ0n) is 22.3. The predicted molar refractivity (Wildman–Crippen MR) is 161 cm³/mol. The van der Waals surface area contributed by atoms with Crippen LogP contribution >= 0.6 is 33.0 Å². The summed E-state index contributed by atoms with van der Waals surface area (Å²) >= 11 is 5.01. The van der Waals surface area contributed by atoms with Gasteiger partial charge in [0, 0.05) is 57.0 Å². The number of anilines is 2. The molecule has 0 aliphatic carbocycles. The number of nitrogens with one attached hydrogen (secondary N) is 1. The first kappa shape index (κ1) is 42.1. The molecule has 48 heavy (non-hydrogen) atoms. The molecule has 4 aromatic carbocycles. The first-order chi connectivity index (χ1) is 21.5. The lowest BCUT2D eigenvalue weighted by molar-refractivity contribution is 0.102. The number of rotatable bonds is 5. The highest BCUT2D eigenvalue weighted by Crippen LogP contribution is 2.22. The molecule has 0 fully saturated rings. The van der Waals surface area contributed by atoms with Crippen molar-refractivity contribution >= 4 is 73.6 Å². The molecule has 4 rings (SSSR count). The topological polar surface area (TPSA) is 140 Å². The molecule has 0 bridgehead atoms. The highest BCUT2D eigenvalue weighted by atomic mass is 35.7. The van der Waals surface area contributed by atoms with Crippen molar-refractivity contribution in [3.63, 3.8) is 0 Å². The van der Waals surface area contributed by atoms with Gasteiger partial charge in [-0.15, -0.1) is 0 Å². The maximum Gasteiger partial charge on any atom is 0.261 e. The van der Waals surface area contributed by atoms with Gasteiger partial charge in [-0.2, -0.15) is 0 Å². The summed E-state index contributed by atoms with van der Waals surface area (Å²) in [6.07, 6.45) is 0. The lowest BCUT2D eigenvalue weighted by Crippen LogP contribution is -2.15. The summed E-state index contributed by atoms with van der Waals surface area (Å²) in [4.78, 5) is 21.6. The Bertz CT molecular complexity index is 2040. The smallest absolute Gasteiger partial charge is 0.261 e. The standard InChI is InChI=1S/C13H6ClF4NO3S.C7H3Cl2FO3S.C6H4F3N.CH4/c14-23(21,22)7-1-2-9(15)8(5-7)13(20)19-6-3-10(16)12(18)11(17)4-6;8-7(11)5-3-4(14(9,12)13)1-2-6(5)10;7-4-1-3(10)2-5(8)6(4)9;/h1-5H,(H,19,20);1-3H;1-2H,10H2;1H4. The number of halogens is 11. The van der Waals surface area contributed by atoms with E-state index < -0.39 is 97.5 Å². The molecular formula is C27H17Cl3F8N2O6S2. The summed E-state index contributed by atoms with van der Waals surface area (Å²) in [5, 5.41) is 0.844. The van der Waals surface area contributed by atoms with Gasteiger partial charge in [0.1, 0.15) is 11.6 Å². The van der Waals surface area contributed by atoms with Gasteiger partial charge in [-0.05, 0) is 48.0 Å². The van der Waals surface area contributed by atoms with Crippen LogP contribution in [0.5, 0.6) is 0 Å². The van der Waals surface area contributed by atoms with Crippen molar-refractivity contribution < 1.29 is 61.5 Å². The molecule has 0 heterocycles. The summed E-state index contributed by atoms with van der Waals surface area (Å²) in [6, 6.07) is 7.13. The van der Waals surface area contributed by atoms with Crippen molar-refractivity contribution in [2.75, 3.05) is 11.1 Å². The Morgan fingerprint density at radius 1 is 0.583 bits per heavy atom. The van der Waals surface area contributed by atoms with Gasteiger partial charge in [0.05, 0.1) is 20.9 Å². The van der Waals surface area contributed by atoms with Crippen molar-refractivity contribution in [2.45, 2.75) is 17.2 Å². The number of nitrogens with two attached hydrogens (primary N) is 1. The first-order valence-corrected chi connectivity index (χ1v) is 16.6. The van der Waals surface area contributed by atoms with Crippen LogP contribution in [0.3, 0.4) is 0 Å². The van der Waals surface area contributed by atoms with Gasteiger partial charge in [0.2, 0.25) is 0 Å². The van der Waals surface area contributed by atoms with Gasteiger partial charge < -0.3 is 11.1 Å². The Balaban J connectivity index is 0.000000392. The highest BCUT2D eigenvalue weighted by molar-refractivity contribution is 8.14. The lowest BCUT2D eigenvalue weighted by atomic mass is 10.2. The monoisotopic (exact) mass is 786 g/mol. The maximum absolute atomic E-state index is 13.6. The molecule has 4 aromatic rings. The van der Waals surface area contributed by atoms with Crippen molar-refractivity contribution in [1.82, 2.24) is 0 Å². The van der Waals surface area contributed by atoms with Crippen LogP contribution < -0.4 is 11.1 Å². The van der Waals surface area contributed by atoms with E-state index in [1.54, 1.807) is 0 Å². The minimum atomic E-state index is -4.21. The normalized spacial score (nSPS) is 10.8. The summed E-state index contributed by atoms with van der Waals surface area (Å²) in [7, 11) is 1.87. The Labute approximate surface area is 280 Å². The fourth-order valence-electron chi connectivity index (χ4n) is 3.04. The summed E-state index contributed by atoms with van der Waals surface area (Å²) in [5.74, 6) is -12.1. The molecular weight excluding hydrogens is 771 g/mol. The van der Waals surface area contributed by atoms with Crippen LogP contribution in [0.15, 0.2) is 70.5 Å². The number of benzene rings is 4. The number of hydrogen-bond donors (Lipinski definition) is 2. The maximum atomic E-state index is 13.6. The fraction of sp³-hybridized carbons (Fsp3) is 0.0370. The highest BCUT2D eigenvalue weighted by Gasteiger charge is 2.20. The molecule has 0 spiro atoms. The number of carbonyl (C=O) groups is 2. The van der Waals surface area contributed by atoms with E-state index in [0.717, 1.165) is 36.4 Å². The SMILES string of the molecule is C.Nc1cc(F)c(F)c(F)c1.O=C(Cl)c1cc(S(=O)(=O)Cl)ccc1F.O=C(Nc1cc(F)c(F)c(F)c1)c1cc(S(=O)(=O)Cl)ccc1F. The van der Waals surface area contributed by atoms with E-state index in [2.05, 4.69) is 0 Å². The second-order valence-corrected chi connectivity index (χ2v) is 13.9. The van der Waals surface area contributed by atoms with E-state index in [1.165, 1.54) is 0 Å². The average molecular weight is 788 g/mol. The lowest BCUT2D eigenvalue weighted by Gasteiger charge is -2.08. The summed E-state index contributed by atoms with van der Waals surface area (Å²) in [5.41, 5.74) is 3.13. The van der Waals surface area contributed by atoms with E-state index in [4.69, 9.17) is 38.7 Å². The van der Waals surface area contributed by atoms with E-state index >= 15 is 0 Å². The van der Waals surface area contributed by atoms with Crippen LogP contribution in [0, 0.1) is 46.5 Å². The molecule has 21 heteroatoms. The molecule has 0 atom stereocenters. The van der Waals surface area contributed by atoms with Crippen molar-refractivity contribution in [2.24, 2.45) is 0 Å². The van der Waals surface area contributed by atoms with Gasteiger partial charge in [-0.1, -0.05) is 7.43 Å². The van der Waals surface area contributed by atoms with Gasteiger partial charge in [-0.25, -0.2) is 52.0 Å². The van der Waals surface area contributed by atoms with Gasteiger partial charge in [0.15, 0.2) is 34.9 Å². The number of hydrogen-bond acceptors (Lipinski definition) is 7. The Kier molecular flexibility index (Phi) is 14.8. The molecule has 0 aliphatic rings. The van der Waals surface area contributed by atoms with Crippen molar-refractivity contribution in [3.05, 3.63) is 118 Å². The minimum absolute atomic E-state index is 0. The molecule has 0 unspecified atom stereocenters. The summed E-state index contributed by atoms with van der Waals surface area (Å²) in [6.45, 7) is 0. The van der Waals surface area contributed by atoms with Crippen LogP contribution in [0.4, 0.5) is 46.5 Å². The van der Waals surface area contributed by atoms with E-state index in [-0.39, 0.29) is 18.0 Å². The van der Waals surface area contributed by atoms with Gasteiger partial charge in [0.25, 0.3) is 29.3 Å². The molecule has 8 nitrogen and oxygen atoms in total. The average Bonchev–Trinajstić information content (AvgIpc) is 2.94. The second-order valence-electron chi connectivity index (χ2n) is 8.44. The Morgan fingerprint density at radius 2 is 0.938 bits per heavy atom. The predicted octanol–water partition coefficient (Wildman–Crippen LogP) is 7.88. The Morgan fingerprint density at radius 3 is 1.31 bits per heavy atom. The summed E-state index contributed by atoms with van der Waals surface area (Å²) < 4.78 is 146. The molecule has 0 saturated heterocycles. The first-order valence-electron chi connectivity index (χ1n) is 11.6. The molecule has 0 aromatic heterocycles. The van der Waals surface area contributed by atoms with E-state index in [9.17, 15) is 61.5 Å². The molecule has 0 saturated carbocycles. The van der Waals surface area contributed by atoms with Crippen LogP contribution in [-0.2, 0) is 18.1 Å². The molecule has 0 radical (unpaired) electrons.